The predicted octanol–water partition coefficient (Wildman–Crippen LogP) is 2.26. The van der Waals surface area contributed by atoms with E-state index < -0.39 is 29.4 Å². The minimum atomic E-state index is -1.06. The van der Waals surface area contributed by atoms with Crippen molar-refractivity contribution in [1.82, 2.24) is 10.2 Å². The molecular weight excluding hydrogens is 394 g/mol. The van der Waals surface area contributed by atoms with Crippen molar-refractivity contribution in [3.05, 3.63) is 51.7 Å². The molecule has 1 fully saturated rings. The van der Waals surface area contributed by atoms with Gasteiger partial charge >= 0.3 is 12.0 Å². The van der Waals surface area contributed by atoms with E-state index in [1.54, 1.807) is 23.5 Å². The molecule has 150 valence electrons. The number of carbonyl (C=O) groups excluding carboxylic acids is 4. The van der Waals surface area contributed by atoms with Crippen LogP contribution < -0.4 is 10.6 Å². The molecule has 4 rings (SSSR count). The van der Waals surface area contributed by atoms with Crippen molar-refractivity contribution >= 4 is 40.8 Å². The van der Waals surface area contributed by atoms with Crippen molar-refractivity contribution in [2.24, 2.45) is 0 Å². The normalized spacial score (nSPS) is 20.4. The Morgan fingerprint density at radius 1 is 1.24 bits per heavy atom. The predicted molar refractivity (Wildman–Crippen MR) is 106 cm³/mol. The molecule has 9 heteroatoms. The molecule has 2 aromatic rings. The van der Waals surface area contributed by atoms with E-state index in [0.717, 1.165) is 28.2 Å². The van der Waals surface area contributed by atoms with E-state index in [2.05, 4.69) is 15.4 Å². The topological polar surface area (TPSA) is 105 Å². The SMILES string of the molecule is COC(=O)c1ccc(NC(=O)CN2C(=O)N[C@@]3(CCCc4sccc43)C2=O)cc1. The molecule has 2 N–H and O–H groups in total. The van der Waals surface area contributed by atoms with Crippen LogP contribution in [0.2, 0.25) is 0 Å². The van der Waals surface area contributed by atoms with Crippen LogP contribution in [0.5, 0.6) is 0 Å². The number of hydrogen-bond acceptors (Lipinski definition) is 6. The zero-order chi connectivity index (χ0) is 20.6. The van der Waals surface area contributed by atoms with Gasteiger partial charge < -0.3 is 15.4 Å². The van der Waals surface area contributed by atoms with E-state index >= 15 is 0 Å². The second kappa shape index (κ2) is 7.32. The van der Waals surface area contributed by atoms with Crippen molar-refractivity contribution in [2.45, 2.75) is 24.8 Å². The van der Waals surface area contributed by atoms with Gasteiger partial charge in [0.15, 0.2) is 0 Å². The molecule has 29 heavy (non-hydrogen) atoms. The largest absolute Gasteiger partial charge is 0.465 e. The summed E-state index contributed by atoms with van der Waals surface area (Å²) in [7, 11) is 1.29. The molecule has 2 heterocycles. The van der Waals surface area contributed by atoms with E-state index in [9.17, 15) is 19.2 Å². The maximum absolute atomic E-state index is 13.1. The fourth-order valence-corrected chi connectivity index (χ4v) is 4.84. The molecule has 1 saturated heterocycles. The van der Waals surface area contributed by atoms with E-state index in [-0.39, 0.29) is 6.54 Å². The Balaban J connectivity index is 1.46. The van der Waals surface area contributed by atoms with Crippen LogP contribution in [0.3, 0.4) is 0 Å². The summed E-state index contributed by atoms with van der Waals surface area (Å²) < 4.78 is 4.63. The number of anilines is 1. The van der Waals surface area contributed by atoms with Crippen LogP contribution in [-0.4, -0.2) is 42.4 Å². The van der Waals surface area contributed by atoms with Crippen LogP contribution in [-0.2, 0) is 26.3 Å². The van der Waals surface area contributed by atoms with Gasteiger partial charge in [-0.2, -0.15) is 0 Å². The number of ether oxygens (including phenoxy) is 1. The van der Waals surface area contributed by atoms with Gasteiger partial charge in [-0.25, -0.2) is 9.59 Å². The van der Waals surface area contributed by atoms with E-state index in [0.29, 0.717) is 17.7 Å². The summed E-state index contributed by atoms with van der Waals surface area (Å²) in [5.41, 5.74) is 0.577. The zero-order valence-corrected chi connectivity index (χ0v) is 16.5. The summed E-state index contributed by atoms with van der Waals surface area (Å²) in [4.78, 5) is 51.6. The van der Waals surface area contributed by atoms with Gasteiger partial charge in [0.1, 0.15) is 12.1 Å². The van der Waals surface area contributed by atoms with Crippen molar-refractivity contribution in [3.8, 4) is 0 Å². The molecule has 4 amide bonds. The number of esters is 1. The lowest BCUT2D eigenvalue weighted by Crippen LogP contribution is -2.46. The van der Waals surface area contributed by atoms with Gasteiger partial charge in [0, 0.05) is 16.1 Å². The van der Waals surface area contributed by atoms with Crippen molar-refractivity contribution in [1.29, 1.82) is 0 Å². The van der Waals surface area contributed by atoms with Crippen molar-refractivity contribution in [3.63, 3.8) is 0 Å². The molecule has 1 aromatic heterocycles. The number of fused-ring (bicyclic) bond motifs is 2. The molecule has 0 bridgehead atoms. The number of nitrogens with zero attached hydrogens (tertiary/aromatic N) is 1. The lowest BCUT2D eigenvalue weighted by atomic mass is 9.80. The summed E-state index contributed by atoms with van der Waals surface area (Å²) >= 11 is 1.58. The highest BCUT2D eigenvalue weighted by Gasteiger charge is 2.54. The molecule has 8 nitrogen and oxygen atoms in total. The second-order valence-electron chi connectivity index (χ2n) is 6.95. The highest BCUT2D eigenvalue weighted by atomic mass is 32.1. The third-order valence-corrected chi connectivity index (χ3v) is 6.21. The molecular formula is C20H19N3O5S. The number of methoxy groups -OCH3 is 1. The van der Waals surface area contributed by atoms with Gasteiger partial charge in [-0.15, -0.1) is 11.3 Å². The lowest BCUT2D eigenvalue weighted by Gasteiger charge is -2.31. The Hall–Kier alpha value is -3.20. The van der Waals surface area contributed by atoms with Gasteiger partial charge in [-0.1, -0.05) is 0 Å². The number of benzene rings is 1. The first-order valence-corrected chi connectivity index (χ1v) is 10.0. The number of amides is 4. The summed E-state index contributed by atoms with van der Waals surface area (Å²) in [6, 6.07) is 7.45. The van der Waals surface area contributed by atoms with Crippen LogP contribution in [0, 0.1) is 0 Å². The lowest BCUT2D eigenvalue weighted by molar-refractivity contribution is -0.134. The number of urea groups is 1. The monoisotopic (exact) mass is 413 g/mol. The smallest absolute Gasteiger partial charge is 0.337 e. The molecule has 1 spiro atoms. The molecule has 0 unspecified atom stereocenters. The van der Waals surface area contributed by atoms with E-state index in [4.69, 9.17) is 0 Å². The molecule has 1 aromatic carbocycles. The molecule has 0 saturated carbocycles. The maximum atomic E-state index is 13.1. The number of nitrogens with one attached hydrogen (secondary N) is 2. The van der Waals surface area contributed by atoms with Crippen LogP contribution >= 0.6 is 11.3 Å². The van der Waals surface area contributed by atoms with Crippen molar-refractivity contribution < 1.29 is 23.9 Å². The Morgan fingerprint density at radius 2 is 2.00 bits per heavy atom. The molecule has 2 aliphatic rings. The van der Waals surface area contributed by atoms with Crippen LogP contribution in [0.25, 0.3) is 0 Å². The number of carbonyl (C=O) groups is 4. The van der Waals surface area contributed by atoms with Gasteiger partial charge in [-0.05, 0) is 55.0 Å². The third-order valence-electron chi connectivity index (χ3n) is 5.23. The number of aryl methyl sites for hydroxylation is 1. The standard InChI is InChI=1S/C20H19N3O5S/c1-28-17(25)12-4-6-13(7-5-12)21-16(24)11-23-18(26)20(22-19(23)27)9-2-3-15-14(20)8-10-29-15/h4-8,10H,2-3,9,11H2,1H3,(H,21,24)(H,22,27)/t20-/m1/s1. The molecule has 1 aliphatic heterocycles. The van der Waals surface area contributed by atoms with Crippen LogP contribution in [0.15, 0.2) is 35.7 Å². The van der Waals surface area contributed by atoms with Crippen LogP contribution in [0.1, 0.15) is 33.6 Å². The maximum Gasteiger partial charge on any atom is 0.337 e. The fourth-order valence-electron chi connectivity index (χ4n) is 3.84. The number of thiophene rings is 1. The third kappa shape index (κ3) is 3.27. The molecule has 1 aliphatic carbocycles. The average molecular weight is 413 g/mol. The van der Waals surface area contributed by atoms with Gasteiger partial charge in [0.2, 0.25) is 5.91 Å². The van der Waals surface area contributed by atoms with Gasteiger partial charge in [0.25, 0.3) is 5.91 Å². The minimum Gasteiger partial charge on any atom is -0.465 e. The summed E-state index contributed by atoms with van der Waals surface area (Å²) in [6.07, 6.45) is 2.21. The quantitative estimate of drug-likeness (QED) is 0.591. The Morgan fingerprint density at radius 3 is 2.72 bits per heavy atom. The Bertz CT molecular complexity index is 1000. The van der Waals surface area contributed by atoms with E-state index in [1.165, 1.54) is 19.2 Å². The van der Waals surface area contributed by atoms with Crippen LogP contribution in [0.4, 0.5) is 10.5 Å². The fraction of sp³-hybridized carbons (Fsp3) is 0.300. The average Bonchev–Trinajstić information content (AvgIpc) is 3.29. The number of hydrogen-bond donors (Lipinski definition) is 2. The minimum absolute atomic E-state index is 0.352. The summed E-state index contributed by atoms with van der Waals surface area (Å²) in [5, 5.41) is 7.38. The number of imide groups is 1. The first-order valence-electron chi connectivity index (χ1n) is 9.14. The first-order chi connectivity index (χ1) is 13.9. The van der Waals surface area contributed by atoms with Gasteiger partial charge in [0.05, 0.1) is 12.7 Å². The highest BCUT2D eigenvalue weighted by molar-refractivity contribution is 7.10. The second-order valence-corrected chi connectivity index (χ2v) is 7.96. The summed E-state index contributed by atoms with van der Waals surface area (Å²) in [6.45, 7) is -0.384. The Labute approximate surface area is 170 Å². The molecule has 1 atom stereocenters. The van der Waals surface area contributed by atoms with Gasteiger partial charge in [-0.3, -0.25) is 14.5 Å². The number of rotatable bonds is 4. The first kappa shape index (κ1) is 19.1. The highest BCUT2D eigenvalue weighted by Crippen LogP contribution is 2.42. The Kier molecular flexibility index (Phi) is 4.83. The zero-order valence-electron chi connectivity index (χ0n) is 15.7. The van der Waals surface area contributed by atoms with Crippen molar-refractivity contribution in [2.75, 3.05) is 19.0 Å². The molecule has 0 radical (unpaired) electrons. The van der Waals surface area contributed by atoms with E-state index in [1.807, 2.05) is 11.4 Å². The summed E-state index contributed by atoms with van der Waals surface area (Å²) in [5.74, 6) is -1.37.